The molecule has 3 heterocycles. The van der Waals surface area contributed by atoms with Crippen LogP contribution in [0.3, 0.4) is 0 Å². The van der Waals surface area contributed by atoms with Gasteiger partial charge in [-0.1, -0.05) is 5.16 Å². The summed E-state index contributed by atoms with van der Waals surface area (Å²) in [6.45, 7) is 0.679. The molecule has 0 spiro atoms. The lowest BCUT2D eigenvalue weighted by Crippen LogP contribution is -2.45. The van der Waals surface area contributed by atoms with Crippen LogP contribution >= 0.6 is 11.3 Å². The molecule has 0 aliphatic carbocycles. The van der Waals surface area contributed by atoms with Crippen LogP contribution in [0.5, 0.6) is 0 Å². The lowest BCUT2D eigenvalue weighted by Gasteiger charge is -2.14. The summed E-state index contributed by atoms with van der Waals surface area (Å²) in [5.41, 5.74) is 0.907. The van der Waals surface area contributed by atoms with Gasteiger partial charge < -0.3 is 15.2 Å². The summed E-state index contributed by atoms with van der Waals surface area (Å²) in [5.74, 6) is 0.673. The van der Waals surface area contributed by atoms with Crippen LogP contribution in [0.4, 0.5) is 0 Å². The van der Waals surface area contributed by atoms with Gasteiger partial charge in [0.25, 0.3) is 0 Å². The molecule has 0 aromatic carbocycles. The Bertz CT molecular complexity index is 668. The number of amides is 2. The first-order valence-electron chi connectivity index (χ1n) is 7.64. The Balaban J connectivity index is 1.50. The van der Waals surface area contributed by atoms with Crippen molar-refractivity contribution in [3.63, 3.8) is 0 Å². The fraction of sp³-hybridized carbons (Fsp3) is 0.467. The predicted molar refractivity (Wildman–Crippen MR) is 84.7 cm³/mol. The SMILES string of the molecule is O=C(CCc1nc(-c2ccsc2)no1)N[C@H]1CCCCNC1=O. The molecule has 2 N–H and O–H groups in total. The van der Waals surface area contributed by atoms with Crippen LogP contribution in [-0.2, 0) is 16.0 Å². The molecule has 23 heavy (non-hydrogen) atoms. The van der Waals surface area contributed by atoms with E-state index in [2.05, 4.69) is 20.8 Å². The van der Waals surface area contributed by atoms with Crippen LogP contribution < -0.4 is 10.6 Å². The van der Waals surface area contributed by atoms with Crippen molar-refractivity contribution in [2.45, 2.75) is 38.1 Å². The Hall–Kier alpha value is -2.22. The number of hydrogen-bond acceptors (Lipinski definition) is 6. The highest BCUT2D eigenvalue weighted by molar-refractivity contribution is 7.08. The van der Waals surface area contributed by atoms with E-state index in [-0.39, 0.29) is 18.2 Å². The molecule has 3 rings (SSSR count). The summed E-state index contributed by atoms with van der Waals surface area (Å²) < 4.78 is 5.15. The summed E-state index contributed by atoms with van der Waals surface area (Å²) in [7, 11) is 0. The molecule has 1 atom stereocenters. The van der Waals surface area contributed by atoms with Crippen molar-refractivity contribution in [1.82, 2.24) is 20.8 Å². The van der Waals surface area contributed by atoms with Gasteiger partial charge in [-0.25, -0.2) is 0 Å². The summed E-state index contributed by atoms with van der Waals surface area (Å²) in [5, 5.41) is 13.4. The van der Waals surface area contributed by atoms with Crippen molar-refractivity contribution in [1.29, 1.82) is 0 Å². The summed E-state index contributed by atoms with van der Waals surface area (Å²) in [6, 6.07) is 1.48. The van der Waals surface area contributed by atoms with Crippen molar-refractivity contribution in [3.8, 4) is 11.4 Å². The van der Waals surface area contributed by atoms with Gasteiger partial charge in [-0.15, -0.1) is 0 Å². The highest BCUT2D eigenvalue weighted by Crippen LogP contribution is 2.19. The smallest absolute Gasteiger partial charge is 0.242 e. The molecule has 2 aromatic heterocycles. The van der Waals surface area contributed by atoms with Crippen LogP contribution in [0.1, 0.15) is 31.6 Å². The van der Waals surface area contributed by atoms with Crippen molar-refractivity contribution < 1.29 is 14.1 Å². The maximum absolute atomic E-state index is 12.0. The molecule has 2 amide bonds. The molecule has 0 unspecified atom stereocenters. The first-order valence-corrected chi connectivity index (χ1v) is 8.59. The third kappa shape index (κ3) is 4.16. The lowest BCUT2D eigenvalue weighted by molar-refractivity contribution is -0.128. The van der Waals surface area contributed by atoms with Gasteiger partial charge in [0.1, 0.15) is 6.04 Å². The van der Waals surface area contributed by atoms with E-state index in [1.165, 1.54) is 0 Å². The molecule has 1 aliphatic rings. The molecule has 7 nitrogen and oxygen atoms in total. The van der Waals surface area contributed by atoms with Gasteiger partial charge in [-0.05, 0) is 30.7 Å². The molecule has 1 saturated heterocycles. The molecule has 1 aliphatic heterocycles. The van der Waals surface area contributed by atoms with Crippen LogP contribution in [0.2, 0.25) is 0 Å². The van der Waals surface area contributed by atoms with E-state index < -0.39 is 6.04 Å². The summed E-state index contributed by atoms with van der Waals surface area (Å²) in [6.07, 6.45) is 3.13. The average molecular weight is 334 g/mol. The third-order valence-corrected chi connectivity index (χ3v) is 4.37. The van der Waals surface area contributed by atoms with Gasteiger partial charge in [0.2, 0.25) is 23.5 Å². The topological polar surface area (TPSA) is 97.1 Å². The second-order valence-corrected chi connectivity index (χ2v) is 6.21. The minimum Gasteiger partial charge on any atom is -0.354 e. The van der Waals surface area contributed by atoms with Crippen LogP contribution in [0.25, 0.3) is 11.4 Å². The minimum absolute atomic E-state index is 0.103. The second-order valence-electron chi connectivity index (χ2n) is 5.43. The Kier molecular flexibility index (Phi) is 5.02. The summed E-state index contributed by atoms with van der Waals surface area (Å²) >= 11 is 1.56. The van der Waals surface area contributed by atoms with Crippen molar-refractivity contribution in [3.05, 3.63) is 22.7 Å². The van der Waals surface area contributed by atoms with E-state index in [0.717, 1.165) is 18.4 Å². The van der Waals surface area contributed by atoms with Gasteiger partial charge in [0, 0.05) is 30.3 Å². The molecular weight excluding hydrogens is 316 g/mol. The fourth-order valence-electron chi connectivity index (χ4n) is 2.43. The van der Waals surface area contributed by atoms with Crippen molar-refractivity contribution >= 4 is 23.2 Å². The number of rotatable bonds is 5. The van der Waals surface area contributed by atoms with Crippen molar-refractivity contribution in [2.24, 2.45) is 0 Å². The largest absolute Gasteiger partial charge is 0.354 e. The van der Waals surface area contributed by atoms with Gasteiger partial charge in [0.15, 0.2) is 0 Å². The fourth-order valence-corrected chi connectivity index (χ4v) is 3.06. The van der Waals surface area contributed by atoms with Gasteiger partial charge in [0.05, 0.1) is 0 Å². The van der Waals surface area contributed by atoms with Gasteiger partial charge in [-0.2, -0.15) is 16.3 Å². The van der Waals surface area contributed by atoms with Crippen LogP contribution in [-0.4, -0.2) is 34.5 Å². The van der Waals surface area contributed by atoms with Gasteiger partial charge in [-0.3, -0.25) is 9.59 Å². The number of carbonyl (C=O) groups excluding carboxylic acids is 2. The number of nitrogens with one attached hydrogen (secondary N) is 2. The molecule has 122 valence electrons. The highest BCUT2D eigenvalue weighted by atomic mass is 32.1. The molecule has 2 aromatic rings. The third-order valence-electron chi connectivity index (χ3n) is 3.68. The number of carbonyl (C=O) groups is 2. The Morgan fingerprint density at radius 2 is 2.39 bits per heavy atom. The quantitative estimate of drug-likeness (QED) is 0.864. The molecule has 0 bridgehead atoms. The first kappa shape index (κ1) is 15.7. The molecular formula is C15H18N4O3S. The maximum atomic E-state index is 12.0. The van der Waals surface area contributed by atoms with E-state index in [1.54, 1.807) is 11.3 Å². The Morgan fingerprint density at radius 1 is 1.48 bits per heavy atom. The number of aryl methyl sites for hydroxylation is 1. The summed E-state index contributed by atoms with van der Waals surface area (Å²) in [4.78, 5) is 28.1. The zero-order valence-corrected chi connectivity index (χ0v) is 13.4. The average Bonchev–Trinajstić information content (AvgIpc) is 3.18. The molecule has 8 heteroatoms. The highest BCUT2D eigenvalue weighted by Gasteiger charge is 2.22. The first-order chi connectivity index (χ1) is 11.2. The molecule has 0 saturated carbocycles. The monoisotopic (exact) mass is 334 g/mol. The Morgan fingerprint density at radius 3 is 3.22 bits per heavy atom. The predicted octanol–water partition coefficient (Wildman–Crippen LogP) is 1.52. The minimum atomic E-state index is -0.436. The zero-order chi connectivity index (χ0) is 16.1. The van der Waals surface area contributed by atoms with Crippen LogP contribution in [0.15, 0.2) is 21.3 Å². The van der Waals surface area contributed by atoms with E-state index in [9.17, 15) is 9.59 Å². The second kappa shape index (κ2) is 7.36. The van der Waals surface area contributed by atoms with Gasteiger partial charge >= 0.3 is 0 Å². The van der Waals surface area contributed by atoms with E-state index in [0.29, 0.717) is 31.1 Å². The van der Waals surface area contributed by atoms with E-state index in [4.69, 9.17) is 4.52 Å². The van der Waals surface area contributed by atoms with E-state index >= 15 is 0 Å². The zero-order valence-electron chi connectivity index (χ0n) is 12.6. The number of nitrogens with zero attached hydrogens (tertiary/aromatic N) is 2. The van der Waals surface area contributed by atoms with E-state index in [1.807, 2.05) is 16.8 Å². The lowest BCUT2D eigenvalue weighted by atomic mass is 10.1. The van der Waals surface area contributed by atoms with Crippen molar-refractivity contribution in [2.75, 3.05) is 6.54 Å². The maximum Gasteiger partial charge on any atom is 0.242 e. The van der Waals surface area contributed by atoms with Crippen LogP contribution in [0, 0.1) is 0 Å². The number of aromatic nitrogens is 2. The Labute approximate surface area is 137 Å². The molecule has 0 radical (unpaired) electrons. The number of hydrogen-bond donors (Lipinski definition) is 2. The normalized spacial score (nSPS) is 18.3. The standard InChI is InChI=1S/C15H18N4O3S/c20-12(17-11-3-1-2-7-16-15(11)21)4-5-13-18-14(19-22-13)10-6-8-23-9-10/h6,8-9,11H,1-5,7H2,(H,16,21)(H,17,20)/t11-/m0/s1. The number of thiophene rings is 1. The molecule has 1 fully saturated rings.